The molecule has 512 valence electrons. The smallest absolute Gasteiger partial charge is 0.123 e. The van der Waals surface area contributed by atoms with E-state index >= 15 is 0 Å². The molecule has 4 aromatic heterocycles. The van der Waals surface area contributed by atoms with Crippen LogP contribution in [0.1, 0.15) is 169 Å². The molecule has 7 heterocycles. The van der Waals surface area contributed by atoms with E-state index in [-0.39, 0.29) is 24.2 Å². The molecule has 16 rings (SSSR count). The lowest BCUT2D eigenvalue weighted by atomic mass is 9.77. The van der Waals surface area contributed by atoms with Crippen LogP contribution in [-0.4, -0.2) is 78.1 Å². The van der Waals surface area contributed by atoms with E-state index < -0.39 is 0 Å². The van der Waals surface area contributed by atoms with Crippen LogP contribution >= 0.6 is 0 Å². The van der Waals surface area contributed by atoms with Gasteiger partial charge in [0.15, 0.2) is 0 Å². The first kappa shape index (κ1) is 68.3. The van der Waals surface area contributed by atoms with Crippen LogP contribution in [0.3, 0.4) is 0 Å². The molecule has 3 aliphatic heterocycles. The number of anilines is 3. The van der Waals surface area contributed by atoms with Gasteiger partial charge in [-0.2, -0.15) is 0 Å². The summed E-state index contributed by atoms with van der Waals surface area (Å²) in [5.74, 6) is 1.05. The Morgan fingerprint density at radius 3 is 0.890 bits per heavy atom. The zero-order valence-corrected chi connectivity index (χ0v) is 61.2. The molecule has 12 aromatic rings. The predicted octanol–water partition coefficient (Wildman–Crippen LogP) is 20.3. The molecule has 0 saturated carbocycles. The number of rotatable bonds is 8. The van der Waals surface area contributed by atoms with Crippen LogP contribution in [-0.2, 0) is 26.1 Å². The van der Waals surface area contributed by atoms with Gasteiger partial charge in [0.1, 0.15) is 22.8 Å². The lowest BCUT2D eigenvalue weighted by Gasteiger charge is -2.33. The third kappa shape index (κ3) is 12.9. The van der Waals surface area contributed by atoms with Gasteiger partial charge in [-0.25, -0.2) is 18.7 Å². The lowest BCUT2D eigenvalue weighted by molar-refractivity contribution is 0.495. The highest BCUT2D eigenvalue weighted by molar-refractivity contribution is 5.91. The zero-order chi connectivity index (χ0) is 70.2. The van der Waals surface area contributed by atoms with E-state index in [1.807, 2.05) is 0 Å². The highest BCUT2D eigenvalue weighted by Crippen LogP contribution is 2.48. The van der Waals surface area contributed by atoms with Crippen molar-refractivity contribution in [1.29, 1.82) is 0 Å². The number of fused-ring (bicyclic) bond motifs is 20. The quantitative estimate of drug-likeness (QED) is 0.144. The van der Waals surface area contributed by atoms with Gasteiger partial charge in [-0.15, -0.1) is 20.4 Å². The molecule has 0 spiro atoms. The molecule has 0 bridgehead atoms. The van der Waals surface area contributed by atoms with Crippen LogP contribution in [0.4, 0.5) is 17.1 Å². The molecule has 8 aromatic carbocycles. The normalized spacial score (nSPS) is 14.0. The van der Waals surface area contributed by atoms with Gasteiger partial charge in [0.05, 0.1) is 22.8 Å². The summed E-state index contributed by atoms with van der Waals surface area (Å²) >= 11 is 0. The van der Waals surface area contributed by atoms with Gasteiger partial charge >= 0.3 is 0 Å². The number of hydrogen-bond donors (Lipinski definition) is 0. The van der Waals surface area contributed by atoms with E-state index in [4.69, 9.17) is 0 Å². The van der Waals surface area contributed by atoms with Crippen molar-refractivity contribution in [2.75, 3.05) is 14.7 Å². The van der Waals surface area contributed by atoms with Crippen LogP contribution in [0.25, 0.3) is 90.1 Å². The van der Waals surface area contributed by atoms with Crippen molar-refractivity contribution in [3.63, 3.8) is 0 Å². The minimum atomic E-state index is 0.253. The maximum Gasteiger partial charge on any atom is 0.123 e. The molecule has 1 atom stereocenters. The number of nitrogens with zero attached hydrogens (tertiary/aromatic N) is 15. The molecule has 0 amide bonds. The predicted molar refractivity (Wildman–Crippen MR) is 410 cm³/mol. The van der Waals surface area contributed by atoms with Gasteiger partial charge < -0.3 is 14.7 Å². The van der Waals surface area contributed by atoms with E-state index in [0.29, 0.717) is 30.0 Å². The highest BCUT2D eigenvalue weighted by atomic mass is 15.5. The Labute approximate surface area is 591 Å². The van der Waals surface area contributed by atoms with Gasteiger partial charge in [0, 0.05) is 123 Å². The maximum absolute atomic E-state index is 4.63. The van der Waals surface area contributed by atoms with Crippen LogP contribution < -0.4 is 14.7 Å². The van der Waals surface area contributed by atoms with E-state index in [9.17, 15) is 0 Å². The van der Waals surface area contributed by atoms with Crippen molar-refractivity contribution >= 4 is 17.1 Å². The summed E-state index contributed by atoms with van der Waals surface area (Å²) < 4.78 is 8.22. The molecule has 0 saturated heterocycles. The summed E-state index contributed by atoms with van der Waals surface area (Å²) in [6.45, 7) is 38.0. The molecule has 15 heteroatoms. The van der Waals surface area contributed by atoms with Gasteiger partial charge in [0.2, 0.25) is 0 Å². The highest BCUT2D eigenvalue weighted by Gasteiger charge is 2.34. The molecule has 0 radical (unpaired) electrons. The first-order chi connectivity index (χ1) is 48.3. The minimum Gasteiger partial charge on any atom is -0.364 e. The summed E-state index contributed by atoms with van der Waals surface area (Å²) in [5.41, 5.74) is 28.6. The Hall–Kier alpha value is -10.3. The molecular weight excluding hydrogens is 1230 g/mol. The fourth-order valence-electron chi connectivity index (χ4n) is 14.9. The minimum absolute atomic E-state index is 0.253. The molecule has 15 nitrogen and oxygen atoms in total. The summed E-state index contributed by atoms with van der Waals surface area (Å²) in [5, 5.41) is 36.4. The third-order valence-electron chi connectivity index (χ3n) is 20.0. The van der Waals surface area contributed by atoms with Gasteiger partial charge in [-0.1, -0.05) is 211 Å². The Bertz CT molecular complexity index is 4540. The molecule has 0 fully saturated rings. The number of aromatic nitrogens is 12. The lowest BCUT2D eigenvalue weighted by Crippen LogP contribution is -2.31. The van der Waals surface area contributed by atoms with Crippen molar-refractivity contribution in [2.24, 2.45) is 5.92 Å². The average Bonchev–Trinajstić information content (AvgIpc) is 1.55. The van der Waals surface area contributed by atoms with Crippen molar-refractivity contribution in [3.8, 4) is 90.1 Å². The Kier molecular flexibility index (Phi) is 19.7. The van der Waals surface area contributed by atoms with Crippen LogP contribution in [0.2, 0.25) is 0 Å². The fraction of sp³-hybridized carbons (Fsp3) is 0.341. The van der Waals surface area contributed by atoms with Crippen molar-refractivity contribution in [2.45, 2.75) is 185 Å². The summed E-state index contributed by atoms with van der Waals surface area (Å²) in [7, 11) is 0. The third-order valence-corrected chi connectivity index (χ3v) is 20.0. The standard InChI is InChI=1S/C22H25N3.3C21H24N4/c1-14(2)20-13-16-9-5-6-10-17(16)22-21(23-24-25(22)15(3)4)19-12-8-7-11-18(19)20;1-14(2)24-13-16-9-5-6-10-17(16)21-20(22-23-25(21)15(3)4)18-11-7-8-12-19(18)24;2*1-14(2)24-13-16-9-5-6-10-17(16)20-21(25(15(3)4)23-22-20)18-11-7-8-12-19(18)24/h5-12,14-15,20H,13H2,1-4H3;3*5-12,14-15H,13H2,1-4H3. The van der Waals surface area contributed by atoms with Crippen molar-refractivity contribution < 1.29 is 0 Å². The average molecular weight is 1330 g/mol. The number of benzene rings is 8. The van der Waals surface area contributed by atoms with E-state index in [0.717, 1.165) is 77.2 Å². The number of hydrogen-bond acceptors (Lipinski definition) is 11. The van der Waals surface area contributed by atoms with Crippen LogP contribution in [0.5, 0.6) is 0 Å². The van der Waals surface area contributed by atoms with Crippen molar-refractivity contribution in [3.05, 3.63) is 222 Å². The van der Waals surface area contributed by atoms with E-state index in [1.165, 1.54) is 83.8 Å². The topological polar surface area (TPSA) is 133 Å². The second-order valence-electron chi connectivity index (χ2n) is 29.3. The fourth-order valence-corrected chi connectivity index (χ4v) is 14.9. The van der Waals surface area contributed by atoms with Gasteiger partial charge in [0.25, 0.3) is 0 Å². The van der Waals surface area contributed by atoms with Crippen LogP contribution in [0.15, 0.2) is 194 Å². The summed E-state index contributed by atoms with van der Waals surface area (Å²) in [6, 6.07) is 71.3. The Morgan fingerprint density at radius 2 is 0.520 bits per heavy atom. The first-order valence-electron chi connectivity index (χ1n) is 36.1. The maximum atomic E-state index is 4.63. The van der Waals surface area contributed by atoms with Gasteiger partial charge in [-0.05, 0) is 161 Å². The largest absolute Gasteiger partial charge is 0.364 e. The zero-order valence-electron chi connectivity index (χ0n) is 61.2. The Balaban J connectivity index is 0.000000119. The second-order valence-corrected chi connectivity index (χ2v) is 29.3. The van der Waals surface area contributed by atoms with E-state index in [1.54, 1.807) is 0 Å². The number of para-hydroxylation sites is 3. The molecular formula is C85H97N15. The van der Waals surface area contributed by atoms with E-state index in [2.05, 4.69) is 380 Å². The molecule has 100 heavy (non-hydrogen) atoms. The molecule has 1 unspecified atom stereocenters. The van der Waals surface area contributed by atoms with Crippen molar-refractivity contribution in [1.82, 2.24) is 60.0 Å². The molecule has 4 aliphatic rings. The summed E-state index contributed by atoms with van der Waals surface area (Å²) in [4.78, 5) is 7.38. The molecule has 1 aliphatic carbocycles. The first-order valence-corrected chi connectivity index (χ1v) is 36.1. The summed E-state index contributed by atoms with van der Waals surface area (Å²) in [6.07, 6.45) is 1.05. The monoisotopic (exact) mass is 1330 g/mol. The van der Waals surface area contributed by atoms with Gasteiger partial charge in [-0.3, -0.25) is 0 Å². The van der Waals surface area contributed by atoms with Crippen LogP contribution in [0, 0.1) is 5.92 Å². The SMILES string of the molecule is CC(C)C1Cc2ccccc2-c2c(nnn2C(C)C)-c2ccccc21.CC(C)N1Cc2ccccc2-c2c(nnn2C(C)C)-c2ccccc21.CC(C)N1Cc2ccccc2-c2nnn(C(C)C)c2-c2ccccc21.CC(C)N1Cc2ccccc2-c2nnn(C(C)C)c2-c2ccccc21. The molecule has 0 N–H and O–H groups in total. The Morgan fingerprint density at radius 1 is 0.260 bits per heavy atom. The second kappa shape index (κ2) is 28.9.